The summed E-state index contributed by atoms with van der Waals surface area (Å²) in [6, 6.07) is 6.22. The molecule has 3 N–H and O–H groups in total. The van der Waals surface area contributed by atoms with Crippen molar-refractivity contribution in [3.8, 4) is 5.75 Å². The highest BCUT2D eigenvalue weighted by molar-refractivity contribution is 5.91. The Hall–Kier alpha value is -1.97. The monoisotopic (exact) mass is 248 g/mol. The van der Waals surface area contributed by atoms with Gasteiger partial charge in [-0.2, -0.15) is 0 Å². The molecule has 0 aliphatic heterocycles. The van der Waals surface area contributed by atoms with Crippen LogP contribution in [0.2, 0.25) is 0 Å². The molecule has 0 bridgehead atoms. The maximum Gasteiger partial charge on any atom is 0.323 e. The molecule has 0 fully saturated rings. The lowest BCUT2D eigenvalue weighted by atomic mass is 9.88. The molecule has 0 aliphatic carbocycles. The molecule has 2 amide bonds. The Balaban J connectivity index is 2.61. The van der Waals surface area contributed by atoms with Crippen molar-refractivity contribution in [2.45, 2.75) is 27.7 Å². The highest BCUT2D eigenvalue weighted by Crippen LogP contribution is 2.23. The Morgan fingerprint density at radius 2 is 1.89 bits per heavy atom. The number of aromatic hydroxyl groups is 1. The average molecular weight is 248 g/mol. The lowest BCUT2D eigenvalue weighted by Crippen LogP contribution is -2.25. The zero-order valence-corrected chi connectivity index (χ0v) is 11.2. The van der Waals surface area contributed by atoms with E-state index in [1.807, 2.05) is 6.92 Å². The van der Waals surface area contributed by atoms with Crippen LogP contribution in [0.4, 0.5) is 10.5 Å². The van der Waals surface area contributed by atoms with Gasteiger partial charge in [-0.05, 0) is 24.5 Å². The zero-order chi connectivity index (χ0) is 13.8. The number of hydrogen-bond acceptors (Lipinski definition) is 2. The highest BCUT2D eigenvalue weighted by Gasteiger charge is 2.12. The maximum atomic E-state index is 11.6. The molecule has 0 atom stereocenters. The van der Waals surface area contributed by atoms with E-state index >= 15 is 0 Å². The van der Waals surface area contributed by atoms with Crippen LogP contribution in [0.5, 0.6) is 5.75 Å². The number of hydrogen-bond donors (Lipinski definition) is 3. The Labute approximate surface area is 108 Å². The summed E-state index contributed by atoms with van der Waals surface area (Å²) in [7, 11) is 0. The van der Waals surface area contributed by atoms with Crippen LogP contribution in [-0.2, 0) is 0 Å². The molecule has 0 aliphatic rings. The van der Waals surface area contributed by atoms with Crippen molar-refractivity contribution in [2.75, 3.05) is 5.32 Å². The van der Waals surface area contributed by atoms with Crippen LogP contribution in [0.15, 0.2) is 36.0 Å². The third kappa shape index (κ3) is 4.13. The summed E-state index contributed by atoms with van der Waals surface area (Å²) < 4.78 is 0. The summed E-state index contributed by atoms with van der Waals surface area (Å²) in [6.45, 7) is 8.17. The Kier molecular flexibility index (Phi) is 4.37. The van der Waals surface area contributed by atoms with Gasteiger partial charge in [-0.1, -0.05) is 38.5 Å². The number of urea groups is 1. The zero-order valence-electron chi connectivity index (χ0n) is 11.2. The third-order valence-corrected chi connectivity index (χ3v) is 2.76. The van der Waals surface area contributed by atoms with Gasteiger partial charge >= 0.3 is 6.03 Å². The van der Waals surface area contributed by atoms with Crippen molar-refractivity contribution < 1.29 is 9.90 Å². The lowest BCUT2D eigenvalue weighted by molar-refractivity contribution is 0.254. The van der Waals surface area contributed by atoms with Gasteiger partial charge in [0.1, 0.15) is 5.75 Å². The molecule has 1 aromatic rings. The summed E-state index contributed by atoms with van der Waals surface area (Å²) in [5.74, 6) is 0.0455. The van der Waals surface area contributed by atoms with E-state index in [0.717, 1.165) is 5.57 Å². The van der Waals surface area contributed by atoms with E-state index in [2.05, 4.69) is 31.4 Å². The van der Waals surface area contributed by atoms with E-state index in [1.54, 1.807) is 24.4 Å². The number of phenols is 1. The van der Waals surface area contributed by atoms with Gasteiger partial charge in [-0.15, -0.1) is 0 Å². The van der Waals surface area contributed by atoms with Gasteiger partial charge in [0, 0.05) is 6.20 Å². The van der Waals surface area contributed by atoms with Gasteiger partial charge in [0.2, 0.25) is 0 Å². The van der Waals surface area contributed by atoms with Crippen molar-refractivity contribution in [1.29, 1.82) is 0 Å². The average Bonchev–Trinajstić information content (AvgIpc) is 2.27. The number of rotatable bonds is 2. The lowest BCUT2D eigenvalue weighted by Gasteiger charge is -2.19. The molecule has 1 rings (SSSR count). The van der Waals surface area contributed by atoms with Crippen molar-refractivity contribution in [1.82, 2.24) is 5.32 Å². The SMILES string of the molecule is C/C(=C\NC(=O)Nc1ccccc1O)C(C)(C)C. The van der Waals surface area contributed by atoms with Gasteiger partial charge in [0.25, 0.3) is 0 Å². The first kappa shape index (κ1) is 14.1. The van der Waals surface area contributed by atoms with Crippen LogP contribution < -0.4 is 10.6 Å². The van der Waals surface area contributed by atoms with E-state index in [1.165, 1.54) is 6.07 Å². The summed E-state index contributed by atoms with van der Waals surface area (Å²) >= 11 is 0. The van der Waals surface area contributed by atoms with Crippen molar-refractivity contribution >= 4 is 11.7 Å². The van der Waals surface area contributed by atoms with Gasteiger partial charge in [-0.3, -0.25) is 0 Å². The number of carbonyl (C=O) groups excluding carboxylic acids is 1. The van der Waals surface area contributed by atoms with Crippen molar-refractivity contribution in [3.63, 3.8) is 0 Å². The van der Waals surface area contributed by atoms with Crippen LogP contribution in [0.1, 0.15) is 27.7 Å². The van der Waals surface area contributed by atoms with Crippen molar-refractivity contribution in [3.05, 3.63) is 36.0 Å². The molecule has 98 valence electrons. The smallest absolute Gasteiger partial charge is 0.323 e. The molecule has 0 heterocycles. The number of anilines is 1. The van der Waals surface area contributed by atoms with E-state index in [-0.39, 0.29) is 17.2 Å². The first-order valence-corrected chi connectivity index (χ1v) is 5.83. The normalized spacial score (nSPS) is 12.1. The van der Waals surface area contributed by atoms with Crippen LogP contribution in [0.3, 0.4) is 0 Å². The second kappa shape index (κ2) is 5.58. The predicted molar refractivity (Wildman–Crippen MR) is 73.5 cm³/mol. The molecule has 4 nitrogen and oxygen atoms in total. The first-order valence-electron chi connectivity index (χ1n) is 5.83. The second-order valence-corrected chi connectivity index (χ2v) is 5.19. The van der Waals surface area contributed by atoms with Gasteiger partial charge in [0.05, 0.1) is 5.69 Å². The van der Waals surface area contributed by atoms with Crippen LogP contribution in [0, 0.1) is 5.41 Å². The largest absolute Gasteiger partial charge is 0.506 e. The predicted octanol–water partition coefficient (Wildman–Crippen LogP) is 3.46. The second-order valence-electron chi connectivity index (χ2n) is 5.19. The summed E-state index contributed by atoms with van der Waals surface area (Å²) in [4.78, 5) is 11.6. The standard InChI is InChI=1S/C14H20N2O2/c1-10(14(2,3)4)9-15-13(18)16-11-7-5-6-8-12(11)17/h5-9,17H,1-4H3,(H2,15,16,18)/b10-9+. The third-order valence-electron chi connectivity index (χ3n) is 2.76. The Morgan fingerprint density at radius 1 is 1.28 bits per heavy atom. The molecule has 0 saturated heterocycles. The molecule has 0 aromatic heterocycles. The fourth-order valence-electron chi connectivity index (χ4n) is 1.13. The molecule has 0 saturated carbocycles. The minimum absolute atomic E-state index is 0.0160. The summed E-state index contributed by atoms with van der Waals surface area (Å²) in [6.07, 6.45) is 1.68. The molecular weight excluding hydrogens is 228 g/mol. The molecule has 1 aromatic carbocycles. The van der Waals surface area contributed by atoms with Crippen molar-refractivity contribution in [2.24, 2.45) is 5.41 Å². The minimum Gasteiger partial charge on any atom is -0.506 e. The first-order chi connectivity index (χ1) is 8.30. The maximum absolute atomic E-state index is 11.6. The fourth-order valence-corrected chi connectivity index (χ4v) is 1.13. The number of allylic oxidation sites excluding steroid dienone is 1. The number of carbonyl (C=O) groups is 1. The van der Waals surface area contributed by atoms with Crippen LogP contribution in [0.25, 0.3) is 0 Å². The van der Waals surface area contributed by atoms with E-state index < -0.39 is 0 Å². The van der Waals surface area contributed by atoms with E-state index in [4.69, 9.17) is 0 Å². The van der Waals surface area contributed by atoms with Crippen LogP contribution >= 0.6 is 0 Å². The van der Waals surface area contributed by atoms with Gasteiger partial charge in [0.15, 0.2) is 0 Å². The molecule has 0 unspecified atom stereocenters. The number of benzene rings is 1. The molecular formula is C14H20N2O2. The number of para-hydroxylation sites is 2. The Bertz CT molecular complexity index is 459. The summed E-state index contributed by atoms with van der Waals surface area (Å²) in [5.41, 5.74) is 1.47. The van der Waals surface area contributed by atoms with Gasteiger partial charge < -0.3 is 15.7 Å². The molecule has 0 spiro atoms. The number of phenolic OH excluding ortho intramolecular Hbond substituents is 1. The molecule has 0 radical (unpaired) electrons. The minimum atomic E-state index is -0.375. The number of amides is 2. The highest BCUT2D eigenvalue weighted by atomic mass is 16.3. The molecule has 4 heteroatoms. The van der Waals surface area contributed by atoms with E-state index in [9.17, 15) is 9.90 Å². The number of nitrogens with one attached hydrogen (secondary N) is 2. The van der Waals surface area contributed by atoms with E-state index in [0.29, 0.717) is 5.69 Å². The Morgan fingerprint density at radius 3 is 2.44 bits per heavy atom. The van der Waals surface area contributed by atoms with Crippen LogP contribution in [-0.4, -0.2) is 11.1 Å². The fraction of sp³-hybridized carbons (Fsp3) is 0.357. The van der Waals surface area contributed by atoms with Gasteiger partial charge in [-0.25, -0.2) is 4.79 Å². The quantitative estimate of drug-likeness (QED) is 0.702. The molecule has 18 heavy (non-hydrogen) atoms. The summed E-state index contributed by atoms with van der Waals surface area (Å²) in [5, 5.41) is 14.7. The topological polar surface area (TPSA) is 61.4 Å².